The summed E-state index contributed by atoms with van der Waals surface area (Å²) in [7, 11) is 0. The largest absolute Gasteiger partial charge is 0.481 e. The molecule has 0 spiro atoms. The number of esters is 1. The van der Waals surface area contributed by atoms with Gasteiger partial charge in [-0.1, -0.05) is 39.0 Å². The van der Waals surface area contributed by atoms with Crippen molar-refractivity contribution in [3.8, 4) is 0 Å². The molecule has 0 saturated carbocycles. The molecule has 0 radical (unpaired) electrons. The van der Waals surface area contributed by atoms with Gasteiger partial charge in [0.15, 0.2) is 0 Å². The van der Waals surface area contributed by atoms with Crippen molar-refractivity contribution in [2.75, 3.05) is 139 Å². The van der Waals surface area contributed by atoms with Crippen LogP contribution in [-0.4, -0.2) is 156 Å². The molecule has 0 aliphatic carbocycles. The summed E-state index contributed by atoms with van der Waals surface area (Å²) < 4.78 is 59.7. The SMILES string of the molecule is CCCCCCCCOCCOCCOCCOCCOCCOCCOCCOCCOCCOCCOC(=O)CCCCC(=O)O. The van der Waals surface area contributed by atoms with E-state index in [9.17, 15) is 9.59 Å². The molecule has 14 heteroatoms. The lowest BCUT2D eigenvalue weighted by Gasteiger charge is -2.09. The summed E-state index contributed by atoms with van der Waals surface area (Å²) >= 11 is 0. The van der Waals surface area contributed by atoms with Gasteiger partial charge in [0.2, 0.25) is 0 Å². The third-order valence-corrected chi connectivity index (χ3v) is 6.50. The second kappa shape index (κ2) is 41.7. The molecule has 0 aromatic carbocycles. The van der Waals surface area contributed by atoms with Gasteiger partial charge in [-0.15, -0.1) is 0 Å². The maximum Gasteiger partial charge on any atom is 0.305 e. The first-order chi connectivity index (χ1) is 23.7. The average Bonchev–Trinajstić information content (AvgIpc) is 3.08. The highest BCUT2D eigenvalue weighted by Crippen LogP contribution is 2.05. The quantitative estimate of drug-likeness (QED) is 0.0727. The fourth-order valence-electron chi connectivity index (χ4n) is 3.90. The molecule has 0 atom stereocenters. The first-order valence-electron chi connectivity index (χ1n) is 17.8. The smallest absolute Gasteiger partial charge is 0.305 e. The highest BCUT2D eigenvalue weighted by Gasteiger charge is 2.04. The standard InChI is InChI=1S/C34H66O14/c1-2-3-4-5-6-9-12-38-13-14-39-15-16-40-17-18-41-19-20-42-21-22-43-23-24-44-25-26-45-27-28-46-29-30-47-31-32-48-34(37)11-8-7-10-33(35)36/h2-32H2,1H3,(H,35,36). The van der Waals surface area contributed by atoms with E-state index in [1.54, 1.807) is 0 Å². The van der Waals surface area contributed by atoms with Gasteiger partial charge in [0, 0.05) is 19.4 Å². The van der Waals surface area contributed by atoms with Crippen LogP contribution >= 0.6 is 0 Å². The van der Waals surface area contributed by atoms with Gasteiger partial charge in [0.05, 0.1) is 126 Å². The van der Waals surface area contributed by atoms with Gasteiger partial charge >= 0.3 is 11.9 Å². The first-order valence-corrected chi connectivity index (χ1v) is 17.8. The van der Waals surface area contributed by atoms with Crippen LogP contribution < -0.4 is 0 Å². The fraction of sp³-hybridized carbons (Fsp3) is 0.941. The monoisotopic (exact) mass is 698 g/mol. The molecule has 0 aromatic heterocycles. The van der Waals surface area contributed by atoms with E-state index in [-0.39, 0.29) is 32.0 Å². The molecule has 0 aliphatic rings. The summed E-state index contributed by atoms with van der Waals surface area (Å²) in [5, 5.41) is 8.55. The van der Waals surface area contributed by atoms with Gasteiger partial charge in [0.1, 0.15) is 6.61 Å². The molecule has 286 valence electrons. The summed E-state index contributed by atoms with van der Waals surface area (Å²) in [5.74, 6) is -1.21. The summed E-state index contributed by atoms with van der Waals surface area (Å²) in [6.07, 6.45) is 8.89. The molecular formula is C34H66O14. The highest BCUT2D eigenvalue weighted by molar-refractivity contribution is 5.69. The Hall–Kier alpha value is -1.46. The zero-order valence-corrected chi connectivity index (χ0v) is 29.7. The lowest BCUT2D eigenvalue weighted by Crippen LogP contribution is -2.15. The minimum Gasteiger partial charge on any atom is -0.481 e. The van der Waals surface area contributed by atoms with E-state index in [1.165, 1.54) is 32.1 Å². The highest BCUT2D eigenvalue weighted by atomic mass is 16.6. The number of hydrogen-bond donors (Lipinski definition) is 1. The molecule has 48 heavy (non-hydrogen) atoms. The van der Waals surface area contributed by atoms with Gasteiger partial charge in [-0.3, -0.25) is 9.59 Å². The lowest BCUT2D eigenvalue weighted by molar-refractivity contribution is -0.146. The maximum absolute atomic E-state index is 11.5. The van der Waals surface area contributed by atoms with E-state index >= 15 is 0 Å². The molecule has 0 unspecified atom stereocenters. The molecule has 0 bridgehead atoms. The van der Waals surface area contributed by atoms with Gasteiger partial charge in [-0.25, -0.2) is 0 Å². The first kappa shape index (κ1) is 46.5. The normalized spacial score (nSPS) is 11.4. The van der Waals surface area contributed by atoms with E-state index in [0.29, 0.717) is 132 Å². The van der Waals surface area contributed by atoms with E-state index in [4.69, 9.17) is 57.2 Å². The second-order valence-electron chi connectivity index (χ2n) is 10.7. The molecule has 0 heterocycles. The summed E-state index contributed by atoms with van der Waals surface area (Å²) in [6.45, 7) is 12.5. The predicted molar refractivity (Wildman–Crippen MR) is 179 cm³/mol. The van der Waals surface area contributed by atoms with Crippen molar-refractivity contribution in [1.29, 1.82) is 0 Å². The van der Waals surface area contributed by atoms with Crippen molar-refractivity contribution in [3.63, 3.8) is 0 Å². The number of carbonyl (C=O) groups is 2. The summed E-state index contributed by atoms with van der Waals surface area (Å²) in [5.41, 5.74) is 0. The van der Waals surface area contributed by atoms with Crippen LogP contribution in [0.1, 0.15) is 71.1 Å². The minimum atomic E-state index is -0.861. The van der Waals surface area contributed by atoms with Crippen molar-refractivity contribution in [1.82, 2.24) is 0 Å². The summed E-state index contributed by atoms with van der Waals surface area (Å²) in [4.78, 5) is 21.9. The average molecular weight is 699 g/mol. The van der Waals surface area contributed by atoms with Crippen molar-refractivity contribution in [3.05, 3.63) is 0 Å². The van der Waals surface area contributed by atoms with Crippen molar-refractivity contribution < 1.29 is 66.8 Å². The van der Waals surface area contributed by atoms with Crippen LogP contribution in [0.4, 0.5) is 0 Å². The Morgan fingerprint density at radius 3 is 1.00 bits per heavy atom. The van der Waals surface area contributed by atoms with Crippen LogP contribution in [0, 0.1) is 0 Å². The second-order valence-corrected chi connectivity index (χ2v) is 10.7. The molecule has 0 saturated heterocycles. The maximum atomic E-state index is 11.5. The Morgan fingerprint density at radius 2 is 0.646 bits per heavy atom. The number of ether oxygens (including phenoxy) is 11. The summed E-state index contributed by atoms with van der Waals surface area (Å²) in [6, 6.07) is 0. The van der Waals surface area contributed by atoms with E-state index in [1.807, 2.05) is 0 Å². The molecule has 0 amide bonds. The zero-order chi connectivity index (χ0) is 34.9. The number of hydrogen-bond acceptors (Lipinski definition) is 13. The third kappa shape index (κ3) is 42.6. The van der Waals surface area contributed by atoms with Crippen LogP contribution in [0.15, 0.2) is 0 Å². The molecule has 14 nitrogen and oxygen atoms in total. The Balaban J connectivity index is 3.09. The number of carbonyl (C=O) groups excluding carboxylic acids is 1. The van der Waals surface area contributed by atoms with Gasteiger partial charge in [-0.05, 0) is 19.3 Å². The van der Waals surface area contributed by atoms with Crippen molar-refractivity contribution in [2.45, 2.75) is 71.1 Å². The van der Waals surface area contributed by atoms with Crippen LogP contribution in [0.2, 0.25) is 0 Å². The fourth-order valence-corrected chi connectivity index (χ4v) is 3.90. The number of aliphatic carboxylic acids is 1. The molecule has 0 aliphatic heterocycles. The van der Waals surface area contributed by atoms with Crippen LogP contribution in [-0.2, 0) is 61.7 Å². The molecular weight excluding hydrogens is 632 g/mol. The zero-order valence-electron chi connectivity index (χ0n) is 29.7. The Kier molecular flexibility index (Phi) is 40.4. The third-order valence-electron chi connectivity index (χ3n) is 6.50. The van der Waals surface area contributed by atoms with Crippen LogP contribution in [0.25, 0.3) is 0 Å². The van der Waals surface area contributed by atoms with Gasteiger partial charge in [-0.2, -0.15) is 0 Å². The Labute approximate surface area is 288 Å². The van der Waals surface area contributed by atoms with Crippen LogP contribution in [0.5, 0.6) is 0 Å². The van der Waals surface area contributed by atoms with Crippen molar-refractivity contribution in [2.24, 2.45) is 0 Å². The van der Waals surface area contributed by atoms with E-state index in [0.717, 1.165) is 13.0 Å². The van der Waals surface area contributed by atoms with E-state index in [2.05, 4.69) is 6.92 Å². The Morgan fingerprint density at radius 1 is 0.354 bits per heavy atom. The number of carboxylic acid groups (broad SMARTS) is 1. The topological polar surface area (TPSA) is 156 Å². The molecule has 0 fully saturated rings. The predicted octanol–water partition coefficient (Wildman–Crippen LogP) is 3.70. The van der Waals surface area contributed by atoms with Crippen molar-refractivity contribution >= 4 is 11.9 Å². The van der Waals surface area contributed by atoms with E-state index < -0.39 is 5.97 Å². The molecule has 1 N–H and O–H groups in total. The molecule has 0 aromatic rings. The molecule has 0 rings (SSSR count). The van der Waals surface area contributed by atoms with Gasteiger partial charge < -0.3 is 57.2 Å². The minimum absolute atomic E-state index is 0.0620. The number of unbranched alkanes of at least 4 members (excludes halogenated alkanes) is 6. The van der Waals surface area contributed by atoms with Gasteiger partial charge in [0.25, 0.3) is 0 Å². The number of carboxylic acids is 1. The lowest BCUT2D eigenvalue weighted by atomic mass is 10.1. The van der Waals surface area contributed by atoms with Crippen LogP contribution in [0.3, 0.4) is 0 Å². The Bertz CT molecular complexity index is 655. The number of rotatable bonds is 42.